The number of benzene rings is 2. The number of nitrogens with zero attached hydrogens (tertiary/aromatic N) is 5. The average Bonchev–Trinajstić information content (AvgIpc) is 3.63. The summed E-state index contributed by atoms with van der Waals surface area (Å²) in [7, 11) is 1.64. The molecule has 0 radical (unpaired) electrons. The average molecular weight is 562 g/mol. The fraction of sp³-hybridized carbons (Fsp3) is 0.345. The Morgan fingerprint density at radius 2 is 1.80 bits per heavy atom. The molecule has 0 saturated carbocycles. The number of aromatic nitrogens is 4. The van der Waals surface area contributed by atoms with E-state index in [2.05, 4.69) is 27.3 Å². The second-order valence-electron chi connectivity index (χ2n) is 9.33. The third-order valence-electron chi connectivity index (χ3n) is 6.73. The molecule has 0 bridgehead atoms. The first kappa shape index (κ1) is 27.4. The second kappa shape index (κ2) is 12.8. The van der Waals surface area contributed by atoms with Crippen LogP contribution < -0.4 is 4.74 Å². The number of hydrogen-bond donors (Lipinski definition) is 0. The minimum atomic E-state index is -0.200. The Morgan fingerprint density at radius 3 is 2.50 bits per heavy atom. The maximum absolute atomic E-state index is 13.0. The van der Waals surface area contributed by atoms with Gasteiger partial charge in [-0.15, -0.1) is 10.2 Å². The monoisotopic (exact) mass is 561 g/mol. The Labute approximate surface area is 236 Å². The fourth-order valence-electron chi connectivity index (χ4n) is 4.62. The van der Waals surface area contributed by atoms with Crippen molar-refractivity contribution >= 4 is 23.6 Å². The Hall–Kier alpha value is -4.12. The SMILES string of the molecule is CCOC(=O)C1CCN(C(=O)c2coc(CSc3nnc(Cc4ccccc4)n3-c3ccc(OC)cc3)n2)CC1. The van der Waals surface area contributed by atoms with Gasteiger partial charge in [0.05, 0.1) is 25.4 Å². The molecule has 0 spiro atoms. The summed E-state index contributed by atoms with van der Waals surface area (Å²) in [4.78, 5) is 31.2. The van der Waals surface area contributed by atoms with Crippen molar-refractivity contribution in [3.8, 4) is 11.4 Å². The van der Waals surface area contributed by atoms with E-state index in [-0.39, 0.29) is 23.5 Å². The predicted molar refractivity (Wildman–Crippen MR) is 148 cm³/mol. The first-order valence-corrected chi connectivity index (χ1v) is 14.2. The minimum Gasteiger partial charge on any atom is -0.497 e. The highest BCUT2D eigenvalue weighted by molar-refractivity contribution is 7.98. The van der Waals surface area contributed by atoms with E-state index in [1.165, 1.54) is 18.0 Å². The molecule has 1 aliphatic rings. The zero-order valence-electron chi connectivity index (χ0n) is 22.5. The molecule has 40 heavy (non-hydrogen) atoms. The summed E-state index contributed by atoms with van der Waals surface area (Å²) in [5.41, 5.74) is 2.30. The van der Waals surface area contributed by atoms with Gasteiger partial charge in [-0.25, -0.2) is 4.98 Å². The lowest BCUT2D eigenvalue weighted by atomic mass is 9.97. The topological polar surface area (TPSA) is 113 Å². The number of carbonyl (C=O) groups is 2. The molecule has 0 unspecified atom stereocenters. The number of thioether (sulfide) groups is 1. The van der Waals surface area contributed by atoms with E-state index in [0.29, 0.717) is 55.8 Å². The van der Waals surface area contributed by atoms with Gasteiger partial charge in [-0.1, -0.05) is 42.1 Å². The van der Waals surface area contributed by atoms with Gasteiger partial charge in [0.2, 0.25) is 5.89 Å². The van der Waals surface area contributed by atoms with Crippen LogP contribution in [0, 0.1) is 5.92 Å². The minimum absolute atomic E-state index is 0.164. The quantitative estimate of drug-likeness (QED) is 0.203. The number of carbonyl (C=O) groups excluding carboxylic acids is 2. The van der Waals surface area contributed by atoms with Crippen molar-refractivity contribution in [2.24, 2.45) is 5.92 Å². The van der Waals surface area contributed by atoms with Crippen LogP contribution >= 0.6 is 11.8 Å². The van der Waals surface area contributed by atoms with E-state index in [9.17, 15) is 9.59 Å². The van der Waals surface area contributed by atoms with E-state index in [4.69, 9.17) is 13.9 Å². The molecule has 1 fully saturated rings. The lowest BCUT2D eigenvalue weighted by Gasteiger charge is -2.30. The number of likely N-dealkylation sites (tertiary alicyclic amines) is 1. The molecule has 2 aromatic heterocycles. The Bertz CT molecular complexity index is 1430. The molecule has 0 atom stereocenters. The summed E-state index contributed by atoms with van der Waals surface area (Å²) in [6.07, 6.45) is 3.17. The van der Waals surface area contributed by atoms with Crippen LogP contribution in [0.25, 0.3) is 5.69 Å². The van der Waals surface area contributed by atoms with Crippen LogP contribution in [-0.4, -0.2) is 63.3 Å². The van der Waals surface area contributed by atoms with Gasteiger partial charge < -0.3 is 18.8 Å². The van der Waals surface area contributed by atoms with E-state index < -0.39 is 0 Å². The maximum Gasteiger partial charge on any atom is 0.309 e. The maximum atomic E-state index is 13.0. The molecule has 2 aromatic carbocycles. The standard InChI is InChI=1S/C29H31N5O5S/c1-3-38-28(36)21-13-15-33(16-14-21)27(35)24-18-39-26(30-24)19-40-29-32-31-25(17-20-7-5-4-6-8-20)34(29)22-9-11-23(37-2)12-10-22/h4-12,18,21H,3,13-17,19H2,1-2H3. The van der Waals surface area contributed by atoms with Crippen molar-refractivity contribution in [2.45, 2.75) is 37.1 Å². The molecule has 11 heteroatoms. The van der Waals surface area contributed by atoms with Crippen LogP contribution in [0.4, 0.5) is 0 Å². The predicted octanol–water partition coefficient (Wildman–Crippen LogP) is 4.56. The number of amides is 1. The van der Waals surface area contributed by atoms with Crippen LogP contribution in [0.2, 0.25) is 0 Å². The van der Waals surface area contributed by atoms with E-state index >= 15 is 0 Å². The Balaban J connectivity index is 1.27. The Morgan fingerprint density at radius 1 is 1.05 bits per heavy atom. The first-order valence-electron chi connectivity index (χ1n) is 13.2. The summed E-state index contributed by atoms with van der Waals surface area (Å²) in [6, 6.07) is 17.8. The summed E-state index contributed by atoms with van der Waals surface area (Å²) >= 11 is 1.43. The highest BCUT2D eigenvalue weighted by Gasteiger charge is 2.30. The van der Waals surface area contributed by atoms with Crippen molar-refractivity contribution < 1.29 is 23.5 Å². The number of methoxy groups -OCH3 is 1. The van der Waals surface area contributed by atoms with Gasteiger partial charge in [0, 0.05) is 25.2 Å². The summed E-state index contributed by atoms with van der Waals surface area (Å²) < 4.78 is 18.1. The first-order chi connectivity index (χ1) is 19.6. The van der Waals surface area contributed by atoms with Gasteiger partial charge in [0.25, 0.3) is 5.91 Å². The molecule has 1 aliphatic heterocycles. The summed E-state index contributed by atoms with van der Waals surface area (Å²) in [6.45, 7) is 3.12. The van der Waals surface area contributed by atoms with Gasteiger partial charge >= 0.3 is 5.97 Å². The second-order valence-corrected chi connectivity index (χ2v) is 10.3. The molecular formula is C29H31N5O5S. The molecule has 1 amide bonds. The summed E-state index contributed by atoms with van der Waals surface area (Å²) in [5.74, 6) is 1.80. The Kier molecular flexibility index (Phi) is 8.80. The van der Waals surface area contributed by atoms with Gasteiger partial charge in [0.15, 0.2) is 10.9 Å². The number of rotatable bonds is 10. The highest BCUT2D eigenvalue weighted by atomic mass is 32.2. The van der Waals surface area contributed by atoms with Crippen molar-refractivity contribution in [3.63, 3.8) is 0 Å². The number of piperidine rings is 1. The van der Waals surface area contributed by atoms with Gasteiger partial charge in [-0.2, -0.15) is 0 Å². The van der Waals surface area contributed by atoms with Gasteiger partial charge in [0.1, 0.15) is 17.8 Å². The van der Waals surface area contributed by atoms with E-state index in [1.807, 2.05) is 47.0 Å². The third-order valence-corrected chi connectivity index (χ3v) is 7.65. The number of hydrogen-bond acceptors (Lipinski definition) is 9. The molecule has 0 N–H and O–H groups in total. The number of esters is 1. The lowest BCUT2D eigenvalue weighted by Crippen LogP contribution is -2.40. The fourth-order valence-corrected chi connectivity index (χ4v) is 5.44. The molecule has 1 saturated heterocycles. The molecule has 4 aromatic rings. The van der Waals surface area contributed by atoms with Crippen LogP contribution in [0.5, 0.6) is 5.75 Å². The highest BCUT2D eigenvalue weighted by Crippen LogP contribution is 2.28. The normalized spacial score (nSPS) is 13.8. The van der Waals surface area contributed by atoms with Crippen LogP contribution in [0.1, 0.15) is 47.5 Å². The van der Waals surface area contributed by atoms with Gasteiger partial charge in [-0.3, -0.25) is 14.2 Å². The molecule has 0 aliphatic carbocycles. The molecular weight excluding hydrogens is 530 g/mol. The van der Waals surface area contributed by atoms with Crippen molar-refractivity contribution in [1.29, 1.82) is 0 Å². The lowest BCUT2D eigenvalue weighted by molar-refractivity contribution is -0.149. The third kappa shape index (κ3) is 6.36. The van der Waals surface area contributed by atoms with E-state index in [1.54, 1.807) is 18.9 Å². The summed E-state index contributed by atoms with van der Waals surface area (Å²) in [5, 5.41) is 9.63. The largest absolute Gasteiger partial charge is 0.497 e. The van der Waals surface area contributed by atoms with E-state index in [0.717, 1.165) is 22.8 Å². The zero-order chi connectivity index (χ0) is 27.9. The number of oxazole rings is 1. The molecule has 10 nitrogen and oxygen atoms in total. The molecule has 3 heterocycles. The van der Waals surface area contributed by atoms with Crippen LogP contribution in [0.15, 0.2) is 70.4 Å². The number of ether oxygens (including phenoxy) is 2. The van der Waals surface area contributed by atoms with Crippen LogP contribution in [-0.2, 0) is 21.7 Å². The van der Waals surface area contributed by atoms with Crippen molar-refractivity contribution in [3.05, 3.63) is 83.8 Å². The molecule has 208 valence electrons. The van der Waals surface area contributed by atoms with Crippen molar-refractivity contribution in [2.75, 3.05) is 26.8 Å². The van der Waals surface area contributed by atoms with Crippen LogP contribution in [0.3, 0.4) is 0 Å². The zero-order valence-corrected chi connectivity index (χ0v) is 23.3. The van der Waals surface area contributed by atoms with Gasteiger partial charge in [-0.05, 0) is 49.6 Å². The smallest absolute Gasteiger partial charge is 0.309 e. The molecule has 5 rings (SSSR count). The van der Waals surface area contributed by atoms with Crippen molar-refractivity contribution in [1.82, 2.24) is 24.6 Å².